The van der Waals surface area contributed by atoms with Crippen LogP contribution in [0.1, 0.15) is 15.9 Å². The number of benzene rings is 1. The van der Waals surface area contributed by atoms with E-state index in [4.69, 9.17) is 10.4 Å². The molecule has 68 valence electrons. The number of hydrogen-bond acceptors (Lipinski definition) is 3. The first kappa shape index (κ1) is 8.73. The van der Waals surface area contributed by atoms with E-state index in [2.05, 4.69) is 0 Å². The van der Waals surface area contributed by atoms with Gasteiger partial charge in [0.25, 0.3) is 0 Å². The molecule has 0 spiro atoms. The second-order valence-electron chi connectivity index (χ2n) is 2.78. The summed E-state index contributed by atoms with van der Waals surface area (Å²) in [6.07, 6.45) is 0. The summed E-state index contributed by atoms with van der Waals surface area (Å²) in [5, 5.41) is 20.3. The third-order valence-corrected chi connectivity index (χ3v) is 2.88. The highest BCUT2D eigenvalue weighted by Gasteiger charge is 2.09. The van der Waals surface area contributed by atoms with Crippen molar-refractivity contribution < 1.29 is 9.90 Å². The van der Waals surface area contributed by atoms with Gasteiger partial charge in [0.15, 0.2) is 0 Å². The first-order valence-corrected chi connectivity index (χ1v) is 4.75. The molecule has 2 rings (SSSR count). The third kappa shape index (κ3) is 1.24. The van der Waals surface area contributed by atoms with Crippen molar-refractivity contribution in [1.82, 2.24) is 0 Å². The Kier molecular flexibility index (Phi) is 1.95. The average molecular weight is 203 g/mol. The third-order valence-electron chi connectivity index (χ3n) is 1.92. The van der Waals surface area contributed by atoms with Gasteiger partial charge in [-0.25, -0.2) is 4.79 Å². The van der Waals surface area contributed by atoms with Crippen LogP contribution in [0.5, 0.6) is 0 Å². The Bertz CT molecular complexity index is 551. The van der Waals surface area contributed by atoms with Crippen LogP contribution in [0.2, 0.25) is 0 Å². The molecule has 0 amide bonds. The van der Waals surface area contributed by atoms with E-state index in [-0.39, 0.29) is 5.56 Å². The summed E-state index contributed by atoms with van der Waals surface area (Å²) in [7, 11) is 0. The Morgan fingerprint density at radius 1 is 1.50 bits per heavy atom. The lowest BCUT2D eigenvalue weighted by Crippen LogP contribution is -1.96. The lowest BCUT2D eigenvalue weighted by atomic mass is 10.1. The Hall–Kier alpha value is -1.86. The molecule has 0 aliphatic rings. The molecule has 1 aromatic carbocycles. The van der Waals surface area contributed by atoms with Crippen molar-refractivity contribution in [2.24, 2.45) is 0 Å². The molecule has 1 N–H and O–H groups in total. The highest BCUT2D eigenvalue weighted by molar-refractivity contribution is 7.17. The lowest BCUT2D eigenvalue weighted by molar-refractivity contribution is 0.0697. The number of carbonyl (C=O) groups is 1. The van der Waals surface area contributed by atoms with Crippen molar-refractivity contribution in [3.8, 4) is 6.07 Å². The van der Waals surface area contributed by atoms with Gasteiger partial charge in [0.05, 0.1) is 15.8 Å². The largest absolute Gasteiger partial charge is 0.478 e. The summed E-state index contributed by atoms with van der Waals surface area (Å²) in [4.78, 5) is 10.7. The van der Waals surface area contributed by atoms with Crippen LogP contribution >= 0.6 is 11.3 Å². The van der Waals surface area contributed by atoms with Crippen LogP contribution < -0.4 is 0 Å². The van der Waals surface area contributed by atoms with E-state index in [9.17, 15) is 4.79 Å². The molecule has 0 radical (unpaired) electrons. The summed E-state index contributed by atoms with van der Waals surface area (Å²) in [5.74, 6) is -1.00. The zero-order chi connectivity index (χ0) is 10.1. The Morgan fingerprint density at radius 2 is 2.29 bits per heavy atom. The van der Waals surface area contributed by atoms with E-state index in [1.807, 2.05) is 17.5 Å². The minimum Gasteiger partial charge on any atom is -0.478 e. The molecule has 0 aliphatic carbocycles. The summed E-state index contributed by atoms with van der Waals surface area (Å²) in [5.41, 5.74) is 0.586. The molecular formula is C10H5NO2S. The Balaban J connectivity index is 2.82. The number of hydrogen-bond donors (Lipinski definition) is 1. The van der Waals surface area contributed by atoms with Crippen LogP contribution in [-0.4, -0.2) is 11.1 Å². The molecule has 0 saturated heterocycles. The average Bonchev–Trinajstić information content (AvgIpc) is 2.63. The molecule has 2 aromatic rings. The van der Waals surface area contributed by atoms with Gasteiger partial charge in [0.1, 0.15) is 6.07 Å². The van der Waals surface area contributed by atoms with Crippen LogP contribution in [0.15, 0.2) is 23.6 Å². The van der Waals surface area contributed by atoms with Crippen molar-refractivity contribution in [2.75, 3.05) is 0 Å². The van der Waals surface area contributed by atoms with E-state index in [1.165, 1.54) is 17.4 Å². The summed E-state index contributed by atoms with van der Waals surface area (Å²) in [6, 6.07) is 6.79. The zero-order valence-corrected chi connectivity index (χ0v) is 7.84. The van der Waals surface area contributed by atoms with E-state index in [1.54, 1.807) is 6.07 Å². The predicted octanol–water partition coefficient (Wildman–Crippen LogP) is 2.47. The number of thiophene rings is 1. The number of carboxylic acid groups (broad SMARTS) is 1. The van der Waals surface area contributed by atoms with Crippen molar-refractivity contribution in [3.63, 3.8) is 0 Å². The summed E-state index contributed by atoms with van der Waals surface area (Å²) < 4.78 is 0.845. The monoisotopic (exact) mass is 203 g/mol. The second-order valence-corrected chi connectivity index (χ2v) is 3.70. The van der Waals surface area contributed by atoms with E-state index in [0.29, 0.717) is 5.56 Å². The van der Waals surface area contributed by atoms with Crippen molar-refractivity contribution in [3.05, 3.63) is 34.7 Å². The number of carboxylic acids is 1. The quantitative estimate of drug-likeness (QED) is 0.774. The fourth-order valence-corrected chi connectivity index (χ4v) is 2.13. The number of aromatic carboxylic acids is 1. The van der Waals surface area contributed by atoms with Crippen molar-refractivity contribution in [2.45, 2.75) is 0 Å². The van der Waals surface area contributed by atoms with Gasteiger partial charge in [0, 0.05) is 0 Å². The minimum atomic E-state index is -1.00. The standard InChI is InChI=1S/C10H5NO2S/c11-5-8-4-7(10(12)13)3-6-1-2-14-9(6)8/h1-4H,(H,12,13). The van der Waals surface area contributed by atoms with Gasteiger partial charge in [0.2, 0.25) is 0 Å². The molecule has 0 atom stereocenters. The maximum Gasteiger partial charge on any atom is 0.335 e. The maximum absolute atomic E-state index is 10.7. The molecular weight excluding hydrogens is 198 g/mol. The van der Waals surface area contributed by atoms with Gasteiger partial charge < -0.3 is 5.11 Å². The maximum atomic E-state index is 10.7. The van der Waals surface area contributed by atoms with Gasteiger partial charge in [-0.15, -0.1) is 11.3 Å². The highest BCUT2D eigenvalue weighted by atomic mass is 32.1. The van der Waals surface area contributed by atoms with Crippen LogP contribution in [-0.2, 0) is 0 Å². The van der Waals surface area contributed by atoms with Crippen LogP contribution in [0.3, 0.4) is 0 Å². The zero-order valence-electron chi connectivity index (χ0n) is 7.02. The summed E-state index contributed by atoms with van der Waals surface area (Å²) in [6.45, 7) is 0. The van der Waals surface area contributed by atoms with E-state index < -0.39 is 5.97 Å². The SMILES string of the molecule is N#Cc1cc(C(=O)O)cc2ccsc12. The first-order valence-electron chi connectivity index (χ1n) is 3.87. The van der Waals surface area contributed by atoms with E-state index in [0.717, 1.165) is 10.1 Å². The molecule has 0 aliphatic heterocycles. The fourth-order valence-electron chi connectivity index (χ4n) is 1.29. The molecule has 4 heteroatoms. The smallest absolute Gasteiger partial charge is 0.335 e. The molecule has 0 fully saturated rings. The predicted molar refractivity (Wildman–Crippen MR) is 53.5 cm³/mol. The Labute approximate surface area is 83.8 Å². The van der Waals surface area contributed by atoms with Crippen molar-refractivity contribution >= 4 is 27.4 Å². The second kappa shape index (κ2) is 3.13. The van der Waals surface area contributed by atoms with Crippen LogP contribution in [0.25, 0.3) is 10.1 Å². The van der Waals surface area contributed by atoms with Crippen molar-refractivity contribution in [1.29, 1.82) is 5.26 Å². The number of fused-ring (bicyclic) bond motifs is 1. The number of nitrogens with zero attached hydrogens (tertiary/aromatic N) is 1. The topological polar surface area (TPSA) is 61.1 Å². The molecule has 0 unspecified atom stereocenters. The first-order chi connectivity index (χ1) is 6.72. The van der Waals surface area contributed by atoms with Gasteiger partial charge in [-0.05, 0) is 29.0 Å². The van der Waals surface area contributed by atoms with Gasteiger partial charge >= 0.3 is 5.97 Å². The normalized spacial score (nSPS) is 9.93. The minimum absolute atomic E-state index is 0.160. The highest BCUT2D eigenvalue weighted by Crippen LogP contribution is 2.25. The number of nitriles is 1. The van der Waals surface area contributed by atoms with Crippen LogP contribution in [0.4, 0.5) is 0 Å². The Morgan fingerprint density at radius 3 is 2.93 bits per heavy atom. The van der Waals surface area contributed by atoms with Gasteiger partial charge in [-0.1, -0.05) is 0 Å². The summed E-state index contributed by atoms with van der Waals surface area (Å²) >= 11 is 1.44. The van der Waals surface area contributed by atoms with Crippen LogP contribution in [0, 0.1) is 11.3 Å². The molecule has 1 aromatic heterocycles. The lowest BCUT2D eigenvalue weighted by Gasteiger charge is -1.96. The number of rotatable bonds is 1. The molecule has 0 saturated carbocycles. The molecule has 14 heavy (non-hydrogen) atoms. The fraction of sp³-hybridized carbons (Fsp3) is 0. The van der Waals surface area contributed by atoms with E-state index >= 15 is 0 Å². The van der Waals surface area contributed by atoms with Gasteiger partial charge in [-0.2, -0.15) is 5.26 Å². The van der Waals surface area contributed by atoms with Gasteiger partial charge in [-0.3, -0.25) is 0 Å². The molecule has 0 bridgehead atoms. The molecule has 1 heterocycles. The molecule has 3 nitrogen and oxygen atoms in total.